The van der Waals surface area contributed by atoms with Gasteiger partial charge in [-0.1, -0.05) is 42.5 Å². The number of likely N-dealkylation sites (tertiary alicyclic amines) is 1. The number of allylic oxidation sites excluding steroid dienone is 2. The number of hydrogen-bond acceptors (Lipinski definition) is 2. The highest BCUT2D eigenvalue weighted by molar-refractivity contribution is 5.81. The van der Waals surface area contributed by atoms with Crippen molar-refractivity contribution in [3.05, 3.63) is 71.2 Å². The molecule has 0 radical (unpaired) electrons. The van der Waals surface area contributed by atoms with Crippen LogP contribution < -0.4 is 0 Å². The number of carbonyl (C=O) groups excluding carboxylic acids is 1. The van der Waals surface area contributed by atoms with Crippen LogP contribution in [0.5, 0.6) is 0 Å². The molecule has 1 aromatic carbocycles. The maximum absolute atomic E-state index is 13.8. The second kappa shape index (κ2) is 6.83. The average molecular weight is 407 g/mol. The van der Waals surface area contributed by atoms with E-state index in [0.717, 1.165) is 18.1 Å². The highest BCUT2D eigenvalue weighted by atomic mass is 19.4. The molecule has 1 N–H and O–H groups in total. The van der Waals surface area contributed by atoms with E-state index >= 15 is 0 Å². The van der Waals surface area contributed by atoms with E-state index in [1.807, 2.05) is 30.3 Å². The first-order valence-corrected chi connectivity index (χ1v) is 9.62. The van der Waals surface area contributed by atoms with Crippen LogP contribution in [-0.4, -0.2) is 34.2 Å². The Morgan fingerprint density at radius 3 is 2.52 bits per heavy atom. The summed E-state index contributed by atoms with van der Waals surface area (Å²) in [5.74, 6) is -1.70. The SMILES string of the molecule is O=C(Cc1ccccc1)N1CCCCC2=CC3(C=C(F)C3(O)C(F)(F)F)CC=C21. The van der Waals surface area contributed by atoms with Crippen molar-refractivity contribution in [2.24, 2.45) is 5.41 Å². The van der Waals surface area contributed by atoms with Gasteiger partial charge >= 0.3 is 6.18 Å². The lowest BCUT2D eigenvalue weighted by Crippen LogP contribution is -2.63. The fourth-order valence-corrected chi connectivity index (χ4v) is 4.49. The first-order valence-electron chi connectivity index (χ1n) is 9.62. The van der Waals surface area contributed by atoms with Gasteiger partial charge in [-0.05, 0) is 42.9 Å². The van der Waals surface area contributed by atoms with Gasteiger partial charge in [0.25, 0.3) is 0 Å². The number of alkyl halides is 3. The molecule has 1 amide bonds. The van der Waals surface area contributed by atoms with E-state index in [0.29, 0.717) is 30.7 Å². The number of rotatable bonds is 2. The Balaban J connectivity index is 1.64. The fraction of sp³-hybridized carbons (Fsp3) is 0.409. The predicted molar refractivity (Wildman–Crippen MR) is 99.1 cm³/mol. The molecular weight excluding hydrogens is 386 g/mol. The fourth-order valence-electron chi connectivity index (χ4n) is 4.49. The molecule has 3 aliphatic rings. The van der Waals surface area contributed by atoms with Crippen LogP contribution in [0.15, 0.2) is 65.7 Å². The number of aliphatic hydroxyl groups is 1. The van der Waals surface area contributed by atoms with Crippen molar-refractivity contribution in [1.82, 2.24) is 4.90 Å². The van der Waals surface area contributed by atoms with Crippen molar-refractivity contribution >= 4 is 5.91 Å². The van der Waals surface area contributed by atoms with Gasteiger partial charge in [-0.15, -0.1) is 0 Å². The number of hydrogen-bond donors (Lipinski definition) is 1. The molecule has 29 heavy (non-hydrogen) atoms. The standard InChI is InChI=1S/C22H21F4NO2/c23-18-14-20(21(18,29)22(24,25)26)10-9-17-16(13-20)8-4-5-11-27(17)19(28)12-15-6-2-1-3-7-15/h1-3,6-7,9,13-14,29H,4-5,8,10-12H2. The molecule has 0 aromatic heterocycles. The summed E-state index contributed by atoms with van der Waals surface area (Å²) in [5, 5.41) is 10.2. The number of amides is 1. The van der Waals surface area contributed by atoms with E-state index < -0.39 is 23.0 Å². The van der Waals surface area contributed by atoms with Gasteiger partial charge in [0.2, 0.25) is 11.5 Å². The normalized spacial score (nSPS) is 29.3. The first kappa shape index (κ1) is 19.9. The molecule has 3 nitrogen and oxygen atoms in total. The first-order chi connectivity index (χ1) is 13.7. The van der Waals surface area contributed by atoms with Crippen molar-refractivity contribution in [1.29, 1.82) is 0 Å². The molecule has 0 saturated carbocycles. The predicted octanol–water partition coefficient (Wildman–Crippen LogP) is 4.60. The third-order valence-electron chi connectivity index (χ3n) is 6.08. The maximum atomic E-state index is 13.8. The highest BCUT2D eigenvalue weighted by Gasteiger charge is 2.73. The second-order valence-electron chi connectivity index (χ2n) is 7.87. The van der Waals surface area contributed by atoms with E-state index in [9.17, 15) is 27.5 Å². The van der Waals surface area contributed by atoms with Gasteiger partial charge in [0.15, 0.2) is 0 Å². The molecule has 1 saturated heterocycles. The Kier molecular flexibility index (Phi) is 4.69. The zero-order valence-electron chi connectivity index (χ0n) is 15.7. The molecule has 154 valence electrons. The average Bonchev–Trinajstić information content (AvgIpc) is 2.89. The molecule has 2 atom stereocenters. The number of nitrogens with zero attached hydrogens (tertiary/aromatic N) is 1. The van der Waals surface area contributed by atoms with Gasteiger partial charge in [0.1, 0.15) is 5.83 Å². The van der Waals surface area contributed by atoms with E-state index in [2.05, 4.69) is 0 Å². The molecule has 1 aliphatic heterocycles. The van der Waals surface area contributed by atoms with E-state index in [4.69, 9.17) is 0 Å². The summed E-state index contributed by atoms with van der Waals surface area (Å²) in [7, 11) is 0. The van der Waals surface area contributed by atoms with Crippen LogP contribution in [0.4, 0.5) is 17.6 Å². The quantitative estimate of drug-likeness (QED) is 0.728. The molecule has 2 unspecified atom stereocenters. The lowest BCUT2D eigenvalue weighted by Gasteiger charge is -2.51. The molecule has 2 aliphatic carbocycles. The van der Waals surface area contributed by atoms with E-state index in [-0.39, 0.29) is 18.7 Å². The van der Waals surface area contributed by atoms with Crippen LogP contribution in [0.3, 0.4) is 0 Å². The second-order valence-corrected chi connectivity index (χ2v) is 7.87. The summed E-state index contributed by atoms with van der Waals surface area (Å²) in [5.41, 5.74) is -3.37. The maximum Gasteiger partial charge on any atom is 0.424 e. The molecule has 1 spiro atoms. The number of carbonyl (C=O) groups is 1. The summed E-state index contributed by atoms with van der Waals surface area (Å²) in [6.07, 6.45) is 0.467. The Bertz CT molecular complexity index is 918. The van der Waals surface area contributed by atoms with Crippen molar-refractivity contribution in [2.45, 2.75) is 43.9 Å². The number of benzene rings is 1. The van der Waals surface area contributed by atoms with Crippen LogP contribution in [0.25, 0.3) is 0 Å². The van der Waals surface area contributed by atoms with E-state index in [1.165, 1.54) is 6.08 Å². The third-order valence-corrected chi connectivity index (χ3v) is 6.08. The summed E-state index contributed by atoms with van der Waals surface area (Å²) in [6, 6.07) is 9.24. The van der Waals surface area contributed by atoms with Crippen molar-refractivity contribution < 1.29 is 27.5 Å². The Morgan fingerprint density at radius 1 is 1.14 bits per heavy atom. The Labute approximate surface area is 166 Å². The summed E-state index contributed by atoms with van der Waals surface area (Å²) >= 11 is 0. The molecule has 0 bridgehead atoms. The van der Waals surface area contributed by atoms with Gasteiger partial charge in [-0.2, -0.15) is 13.2 Å². The summed E-state index contributed by atoms with van der Waals surface area (Å²) in [4.78, 5) is 14.5. The largest absolute Gasteiger partial charge is 0.424 e. The number of fused-ring (bicyclic) bond motifs is 1. The third kappa shape index (κ3) is 3.03. The molecule has 1 heterocycles. The zero-order valence-corrected chi connectivity index (χ0v) is 15.7. The Hall–Kier alpha value is -2.41. The van der Waals surface area contributed by atoms with Crippen LogP contribution in [0, 0.1) is 5.41 Å². The monoisotopic (exact) mass is 407 g/mol. The Morgan fingerprint density at radius 2 is 1.86 bits per heavy atom. The van der Waals surface area contributed by atoms with Crippen molar-refractivity contribution in [3.63, 3.8) is 0 Å². The molecular formula is C22H21F4NO2. The van der Waals surface area contributed by atoms with Gasteiger partial charge in [-0.3, -0.25) is 4.79 Å². The van der Waals surface area contributed by atoms with Gasteiger partial charge in [-0.25, -0.2) is 4.39 Å². The molecule has 1 aromatic rings. The summed E-state index contributed by atoms with van der Waals surface area (Å²) in [6.45, 7) is 0.482. The highest BCUT2D eigenvalue weighted by Crippen LogP contribution is 2.62. The minimum absolute atomic E-state index is 0.132. The van der Waals surface area contributed by atoms with Crippen LogP contribution in [-0.2, 0) is 11.2 Å². The van der Waals surface area contributed by atoms with Crippen LogP contribution in [0.1, 0.15) is 31.2 Å². The van der Waals surface area contributed by atoms with Crippen molar-refractivity contribution in [2.75, 3.05) is 6.54 Å². The minimum atomic E-state index is -5.12. The van der Waals surface area contributed by atoms with Crippen LogP contribution >= 0.6 is 0 Å². The van der Waals surface area contributed by atoms with Gasteiger partial charge in [0.05, 0.1) is 11.8 Å². The van der Waals surface area contributed by atoms with Gasteiger partial charge in [0, 0.05) is 12.2 Å². The zero-order chi connectivity index (χ0) is 20.9. The lowest BCUT2D eigenvalue weighted by atomic mass is 9.57. The molecule has 1 fully saturated rings. The minimum Gasteiger partial charge on any atom is -0.374 e. The smallest absolute Gasteiger partial charge is 0.374 e. The molecule has 4 rings (SSSR count). The van der Waals surface area contributed by atoms with Crippen molar-refractivity contribution in [3.8, 4) is 0 Å². The van der Waals surface area contributed by atoms with Crippen LogP contribution in [0.2, 0.25) is 0 Å². The number of halogens is 4. The van der Waals surface area contributed by atoms with E-state index in [1.54, 1.807) is 11.0 Å². The topological polar surface area (TPSA) is 40.5 Å². The lowest BCUT2D eigenvalue weighted by molar-refractivity contribution is -0.288. The summed E-state index contributed by atoms with van der Waals surface area (Å²) < 4.78 is 54.2. The molecule has 7 heteroatoms. The van der Waals surface area contributed by atoms with Gasteiger partial charge < -0.3 is 10.0 Å².